The molecule has 24 heavy (non-hydrogen) atoms. The van der Waals surface area contributed by atoms with Gasteiger partial charge in [-0.15, -0.1) is 0 Å². The highest BCUT2D eigenvalue weighted by Crippen LogP contribution is 2.31. The predicted molar refractivity (Wildman–Crippen MR) is 92.3 cm³/mol. The van der Waals surface area contributed by atoms with Gasteiger partial charge in [-0.2, -0.15) is 0 Å². The summed E-state index contributed by atoms with van der Waals surface area (Å²) in [6, 6.07) is 21.4. The van der Waals surface area contributed by atoms with Gasteiger partial charge in [0.2, 0.25) is 0 Å². The number of para-hydroxylation sites is 3. The molecule has 0 unspecified atom stereocenters. The SMILES string of the molecule is Oc1ccccc1-c1nc2ccccc2n1Cc1ccc(F)cc1. The number of hydrogen-bond acceptors (Lipinski definition) is 2. The first kappa shape index (κ1) is 14.5. The van der Waals surface area contributed by atoms with Crippen molar-refractivity contribution in [3.8, 4) is 17.1 Å². The predicted octanol–water partition coefficient (Wildman–Crippen LogP) is 4.60. The van der Waals surface area contributed by atoms with Crippen LogP contribution in [0.3, 0.4) is 0 Å². The zero-order valence-electron chi connectivity index (χ0n) is 12.9. The molecular formula is C20H15FN2O. The lowest BCUT2D eigenvalue weighted by Gasteiger charge is -2.10. The normalized spacial score (nSPS) is 11.0. The number of nitrogens with zero attached hydrogens (tertiary/aromatic N) is 2. The van der Waals surface area contributed by atoms with E-state index in [1.54, 1.807) is 24.3 Å². The van der Waals surface area contributed by atoms with E-state index in [2.05, 4.69) is 4.98 Å². The first-order chi connectivity index (χ1) is 11.7. The Morgan fingerprint density at radius 3 is 2.38 bits per heavy atom. The molecule has 3 nitrogen and oxygen atoms in total. The van der Waals surface area contributed by atoms with E-state index in [0.717, 1.165) is 16.6 Å². The minimum absolute atomic E-state index is 0.188. The van der Waals surface area contributed by atoms with Crippen LogP contribution in [0.2, 0.25) is 0 Å². The highest BCUT2D eigenvalue weighted by atomic mass is 19.1. The molecule has 0 aliphatic heterocycles. The number of phenolic OH excluding ortho intramolecular Hbond substituents is 1. The molecule has 0 amide bonds. The third-order valence-corrected chi connectivity index (χ3v) is 4.05. The van der Waals surface area contributed by atoms with E-state index in [-0.39, 0.29) is 11.6 Å². The molecule has 0 atom stereocenters. The fraction of sp³-hybridized carbons (Fsp3) is 0.0500. The number of aromatic nitrogens is 2. The Morgan fingerprint density at radius 2 is 1.58 bits per heavy atom. The van der Waals surface area contributed by atoms with Gasteiger partial charge in [0.05, 0.1) is 16.6 Å². The number of fused-ring (bicyclic) bond motifs is 1. The summed E-state index contributed by atoms with van der Waals surface area (Å²) in [6.45, 7) is 0.546. The topological polar surface area (TPSA) is 38.1 Å². The van der Waals surface area contributed by atoms with Crippen LogP contribution in [-0.4, -0.2) is 14.7 Å². The van der Waals surface area contributed by atoms with Gasteiger partial charge in [-0.1, -0.05) is 36.4 Å². The molecule has 0 spiro atoms. The second-order valence-electron chi connectivity index (χ2n) is 5.65. The largest absolute Gasteiger partial charge is 0.507 e. The fourth-order valence-corrected chi connectivity index (χ4v) is 2.88. The Bertz CT molecular complexity index is 1010. The van der Waals surface area contributed by atoms with Crippen LogP contribution in [0.15, 0.2) is 72.8 Å². The van der Waals surface area contributed by atoms with Gasteiger partial charge in [-0.25, -0.2) is 9.37 Å². The summed E-state index contributed by atoms with van der Waals surface area (Å²) in [7, 11) is 0. The molecule has 0 aliphatic carbocycles. The molecule has 0 radical (unpaired) electrons. The van der Waals surface area contributed by atoms with Crippen molar-refractivity contribution in [2.75, 3.05) is 0 Å². The van der Waals surface area contributed by atoms with E-state index in [1.807, 2.05) is 41.0 Å². The average Bonchev–Trinajstić information content (AvgIpc) is 2.96. The number of hydrogen-bond donors (Lipinski definition) is 1. The van der Waals surface area contributed by atoms with Gasteiger partial charge >= 0.3 is 0 Å². The summed E-state index contributed by atoms with van der Waals surface area (Å²) >= 11 is 0. The summed E-state index contributed by atoms with van der Waals surface area (Å²) in [4.78, 5) is 4.69. The van der Waals surface area contributed by atoms with Crippen molar-refractivity contribution >= 4 is 11.0 Å². The zero-order valence-corrected chi connectivity index (χ0v) is 12.9. The lowest BCUT2D eigenvalue weighted by atomic mass is 10.1. The molecule has 118 valence electrons. The second kappa shape index (κ2) is 5.81. The van der Waals surface area contributed by atoms with Crippen LogP contribution in [0.25, 0.3) is 22.4 Å². The van der Waals surface area contributed by atoms with Gasteiger partial charge < -0.3 is 9.67 Å². The van der Waals surface area contributed by atoms with Crippen molar-refractivity contribution < 1.29 is 9.50 Å². The van der Waals surface area contributed by atoms with Gasteiger partial charge in [0.15, 0.2) is 0 Å². The van der Waals surface area contributed by atoms with Crippen molar-refractivity contribution in [3.05, 3.63) is 84.2 Å². The molecular weight excluding hydrogens is 303 g/mol. The molecule has 1 N–H and O–H groups in total. The number of rotatable bonds is 3. The van der Waals surface area contributed by atoms with Crippen LogP contribution in [0.4, 0.5) is 4.39 Å². The fourth-order valence-electron chi connectivity index (χ4n) is 2.88. The Labute approximate surface area is 138 Å². The van der Waals surface area contributed by atoms with Crippen LogP contribution < -0.4 is 0 Å². The van der Waals surface area contributed by atoms with E-state index < -0.39 is 0 Å². The maximum Gasteiger partial charge on any atom is 0.145 e. The van der Waals surface area contributed by atoms with Gasteiger partial charge in [0.25, 0.3) is 0 Å². The van der Waals surface area contributed by atoms with E-state index >= 15 is 0 Å². The quantitative estimate of drug-likeness (QED) is 0.599. The Balaban J connectivity index is 1.90. The maximum absolute atomic E-state index is 13.2. The minimum Gasteiger partial charge on any atom is -0.507 e. The van der Waals surface area contributed by atoms with Crippen molar-refractivity contribution in [1.82, 2.24) is 9.55 Å². The third kappa shape index (κ3) is 2.52. The molecule has 4 aromatic rings. The molecule has 0 bridgehead atoms. The van der Waals surface area contributed by atoms with Crippen molar-refractivity contribution in [3.63, 3.8) is 0 Å². The van der Waals surface area contributed by atoms with E-state index in [4.69, 9.17) is 0 Å². The molecule has 0 fully saturated rings. The van der Waals surface area contributed by atoms with Gasteiger partial charge in [-0.05, 0) is 42.0 Å². The number of imidazole rings is 1. The van der Waals surface area contributed by atoms with Crippen LogP contribution in [0.1, 0.15) is 5.56 Å². The van der Waals surface area contributed by atoms with Crippen LogP contribution in [-0.2, 0) is 6.54 Å². The smallest absolute Gasteiger partial charge is 0.145 e. The highest BCUT2D eigenvalue weighted by molar-refractivity contribution is 5.82. The van der Waals surface area contributed by atoms with Gasteiger partial charge in [-0.3, -0.25) is 0 Å². The van der Waals surface area contributed by atoms with E-state index in [1.165, 1.54) is 12.1 Å². The molecule has 1 heterocycles. The molecule has 0 aliphatic rings. The van der Waals surface area contributed by atoms with Crippen molar-refractivity contribution in [2.24, 2.45) is 0 Å². The molecule has 0 saturated carbocycles. The van der Waals surface area contributed by atoms with Crippen molar-refractivity contribution in [2.45, 2.75) is 6.54 Å². The highest BCUT2D eigenvalue weighted by Gasteiger charge is 2.15. The lowest BCUT2D eigenvalue weighted by Crippen LogP contribution is -2.02. The standard InChI is InChI=1S/C20H15FN2O/c21-15-11-9-14(10-12-15)13-23-18-7-3-2-6-17(18)22-20(23)16-5-1-4-8-19(16)24/h1-12,24H,13H2. The summed E-state index contributed by atoms with van der Waals surface area (Å²) in [5.74, 6) is 0.627. The average molecular weight is 318 g/mol. The summed E-state index contributed by atoms with van der Waals surface area (Å²) in [5, 5.41) is 10.2. The Kier molecular flexibility index (Phi) is 3.50. The van der Waals surface area contributed by atoms with E-state index in [0.29, 0.717) is 17.9 Å². The van der Waals surface area contributed by atoms with Gasteiger partial charge in [0, 0.05) is 6.54 Å². The summed E-state index contributed by atoms with van der Waals surface area (Å²) in [5.41, 5.74) is 3.48. The molecule has 4 rings (SSSR count). The molecule has 4 heteroatoms. The van der Waals surface area contributed by atoms with Crippen LogP contribution in [0.5, 0.6) is 5.75 Å². The third-order valence-electron chi connectivity index (χ3n) is 4.05. The number of benzene rings is 3. The second-order valence-corrected chi connectivity index (χ2v) is 5.65. The Hall–Kier alpha value is -3.14. The first-order valence-corrected chi connectivity index (χ1v) is 7.70. The molecule has 0 saturated heterocycles. The summed E-state index contributed by atoms with van der Waals surface area (Å²) < 4.78 is 15.2. The van der Waals surface area contributed by atoms with Crippen LogP contribution in [0, 0.1) is 5.82 Å². The van der Waals surface area contributed by atoms with Gasteiger partial charge in [0.1, 0.15) is 17.4 Å². The number of phenols is 1. The monoisotopic (exact) mass is 318 g/mol. The van der Waals surface area contributed by atoms with Crippen LogP contribution >= 0.6 is 0 Å². The molecule has 3 aromatic carbocycles. The maximum atomic E-state index is 13.2. The first-order valence-electron chi connectivity index (χ1n) is 7.70. The molecule has 1 aromatic heterocycles. The summed E-state index contributed by atoms with van der Waals surface area (Å²) in [6.07, 6.45) is 0. The number of halogens is 1. The van der Waals surface area contributed by atoms with E-state index in [9.17, 15) is 9.50 Å². The van der Waals surface area contributed by atoms with Crippen molar-refractivity contribution in [1.29, 1.82) is 0 Å². The number of aromatic hydroxyl groups is 1. The zero-order chi connectivity index (χ0) is 16.5. The minimum atomic E-state index is -0.254. The Morgan fingerprint density at radius 1 is 0.875 bits per heavy atom. The lowest BCUT2D eigenvalue weighted by molar-refractivity contribution is 0.476.